The second-order valence-corrected chi connectivity index (χ2v) is 9.97. The van der Waals surface area contributed by atoms with Gasteiger partial charge in [0.15, 0.2) is 0 Å². The molecule has 1 aliphatic heterocycles. The van der Waals surface area contributed by atoms with Crippen LogP contribution in [0, 0.1) is 6.92 Å². The van der Waals surface area contributed by atoms with Crippen LogP contribution in [0.25, 0.3) is 0 Å². The molecule has 0 spiro atoms. The minimum Gasteiger partial charge on any atom is -0.336 e. The minimum absolute atomic E-state index is 0.0784. The number of carbonyl (C=O) groups is 1. The number of sulfonamides is 1. The Kier molecular flexibility index (Phi) is 5.90. The number of piperazine rings is 1. The van der Waals surface area contributed by atoms with Gasteiger partial charge in [-0.15, -0.1) is 11.3 Å². The molecule has 2 aromatic heterocycles. The fourth-order valence-corrected chi connectivity index (χ4v) is 5.69. The predicted molar refractivity (Wildman–Crippen MR) is 101 cm³/mol. The Bertz CT molecular complexity index is 807. The summed E-state index contributed by atoms with van der Waals surface area (Å²) in [6.07, 6.45) is 0. The van der Waals surface area contributed by atoms with Gasteiger partial charge in [0.05, 0.1) is 5.56 Å². The average Bonchev–Trinajstić information content (AvgIpc) is 3.26. The Morgan fingerprint density at radius 2 is 1.96 bits per heavy atom. The smallest absolute Gasteiger partial charge is 0.254 e. The van der Waals surface area contributed by atoms with Crippen molar-refractivity contribution in [2.75, 3.05) is 39.3 Å². The number of nitrogens with one attached hydrogen (secondary N) is 1. The van der Waals surface area contributed by atoms with Crippen molar-refractivity contribution in [1.29, 1.82) is 0 Å². The van der Waals surface area contributed by atoms with E-state index in [0.29, 0.717) is 30.4 Å². The number of amides is 1. The highest BCUT2D eigenvalue weighted by Crippen LogP contribution is 2.20. The number of hydrogen-bond donors (Lipinski definition) is 1. The lowest BCUT2D eigenvalue weighted by atomic mass is 10.2. The van der Waals surface area contributed by atoms with Gasteiger partial charge in [-0.3, -0.25) is 9.69 Å². The molecule has 136 valence electrons. The van der Waals surface area contributed by atoms with Gasteiger partial charge >= 0.3 is 0 Å². The van der Waals surface area contributed by atoms with Crippen molar-refractivity contribution in [2.24, 2.45) is 0 Å². The van der Waals surface area contributed by atoms with E-state index in [4.69, 9.17) is 0 Å². The monoisotopic (exact) mass is 399 g/mol. The molecule has 1 amide bonds. The molecule has 0 aromatic carbocycles. The van der Waals surface area contributed by atoms with Gasteiger partial charge < -0.3 is 4.90 Å². The van der Waals surface area contributed by atoms with Crippen molar-refractivity contribution >= 4 is 38.6 Å². The maximum Gasteiger partial charge on any atom is 0.254 e. The van der Waals surface area contributed by atoms with Crippen LogP contribution in [0.5, 0.6) is 0 Å². The van der Waals surface area contributed by atoms with E-state index in [-0.39, 0.29) is 5.91 Å². The van der Waals surface area contributed by atoms with Gasteiger partial charge in [-0.25, -0.2) is 13.1 Å². The zero-order chi connectivity index (χ0) is 17.9. The van der Waals surface area contributed by atoms with Crippen LogP contribution in [0.1, 0.15) is 15.2 Å². The maximum absolute atomic E-state index is 12.3. The number of hydrogen-bond acceptors (Lipinski definition) is 6. The van der Waals surface area contributed by atoms with E-state index < -0.39 is 10.0 Å². The first kappa shape index (κ1) is 18.5. The first-order valence-corrected chi connectivity index (χ1v) is 11.3. The standard InChI is InChI=1S/C16H21N3O3S3/c1-13-2-3-15(24-13)25(21,22)17-5-6-18-7-9-19(10-8-18)16(20)14-4-11-23-12-14/h2-4,11-12,17H,5-10H2,1H3. The molecule has 3 rings (SSSR count). The summed E-state index contributed by atoms with van der Waals surface area (Å²) >= 11 is 2.80. The summed E-state index contributed by atoms with van der Waals surface area (Å²) in [5.41, 5.74) is 0.748. The van der Waals surface area contributed by atoms with Crippen molar-refractivity contribution in [3.8, 4) is 0 Å². The van der Waals surface area contributed by atoms with Crippen LogP contribution >= 0.6 is 22.7 Å². The fraction of sp³-hybridized carbons (Fsp3) is 0.438. The largest absolute Gasteiger partial charge is 0.336 e. The molecule has 1 aliphatic rings. The SMILES string of the molecule is Cc1ccc(S(=O)(=O)NCCN2CCN(C(=O)c3ccsc3)CC2)s1. The molecule has 1 N–H and O–H groups in total. The van der Waals surface area contributed by atoms with E-state index in [1.54, 1.807) is 6.07 Å². The summed E-state index contributed by atoms with van der Waals surface area (Å²) < 4.78 is 27.4. The molecule has 3 heterocycles. The Hall–Kier alpha value is -1.26. The zero-order valence-corrected chi connectivity index (χ0v) is 16.4. The predicted octanol–water partition coefficient (Wildman–Crippen LogP) is 1.85. The third kappa shape index (κ3) is 4.68. The van der Waals surface area contributed by atoms with Crippen molar-refractivity contribution in [2.45, 2.75) is 11.1 Å². The zero-order valence-electron chi connectivity index (χ0n) is 14.0. The lowest BCUT2D eigenvalue weighted by molar-refractivity contribution is 0.0640. The van der Waals surface area contributed by atoms with Crippen molar-refractivity contribution in [1.82, 2.24) is 14.5 Å². The molecule has 0 atom stereocenters. The number of aryl methyl sites for hydroxylation is 1. The molecule has 0 aliphatic carbocycles. The van der Waals surface area contributed by atoms with Gasteiger partial charge in [0.25, 0.3) is 5.91 Å². The molecule has 9 heteroatoms. The maximum atomic E-state index is 12.3. The molecule has 0 bridgehead atoms. The molecule has 0 radical (unpaired) electrons. The highest BCUT2D eigenvalue weighted by Gasteiger charge is 2.22. The molecule has 1 saturated heterocycles. The quantitative estimate of drug-likeness (QED) is 0.805. The average molecular weight is 400 g/mol. The molecular weight excluding hydrogens is 378 g/mol. The number of rotatable bonds is 6. The van der Waals surface area contributed by atoms with E-state index in [1.165, 1.54) is 22.7 Å². The Morgan fingerprint density at radius 1 is 1.20 bits per heavy atom. The molecular formula is C16H21N3O3S3. The summed E-state index contributed by atoms with van der Waals surface area (Å²) in [5, 5.41) is 3.78. The Morgan fingerprint density at radius 3 is 2.56 bits per heavy atom. The highest BCUT2D eigenvalue weighted by atomic mass is 32.2. The summed E-state index contributed by atoms with van der Waals surface area (Å²) in [4.78, 5) is 17.3. The Labute approximate surface area is 156 Å². The van der Waals surface area contributed by atoms with Crippen LogP contribution < -0.4 is 4.72 Å². The lowest BCUT2D eigenvalue weighted by Crippen LogP contribution is -2.50. The molecule has 2 aromatic rings. The summed E-state index contributed by atoms with van der Waals surface area (Å²) in [5.74, 6) is 0.0784. The van der Waals surface area contributed by atoms with Gasteiger partial charge in [0, 0.05) is 49.5 Å². The normalized spacial score (nSPS) is 16.3. The second kappa shape index (κ2) is 7.96. The highest BCUT2D eigenvalue weighted by molar-refractivity contribution is 7.91. The second-order valence-electron chi connectivity index (χ2n) is 5.91. The number of nitrogens with zero attached hydrogens (tertiary/aromatic N) is 2. The van der Waals surface area contributed by atoms with Crippen molar-refractivity contribution in [3.05, 3.63) is 39.4 Å². The van der Waals surface area contributed by atoms with Crippen LogP contribution in [0.4, 0.5) is 0 Å². The third-order valence-electron chi connectivity index (χ3n) is 4.13. The van der Waals surface area contributed by atoms with Crippen LogP contribution in [0.2, 0.25) is 0 Å². The first-order valence-electron chi connectivity index (χ1n) is 8.06. The Balaban J connectivity index is 1.43. The summed E-state index contributed by atoms with van der Waals surface area (Å²) in [6.45, 7) is 5.77. The van der Waals surface area contributed by atoms with Gasteiger partial charge in [0.1, 0.15) is 4.21 Å². The first-order chi connectivity index (χ1) is 12.0. The lowest BCUT2D eigenvalue weighted by Gasteiger charge is -2.34. The van der Waals surface area contributed by atoms with Crippen molar-refractivity contribution in [3.63, 3.8) is 0 Å². The van der Waals surface area contributed by atoms with Crippen LogP contribution in [0.3, 0.4) is 0 Å². The van der Waals surface area contributed by atoms with Gasteiger partial charge in [0.2, 0.25) is 10.0 Å². The van der Waals surface area contributed by atoms with Gasteiger partial charge in [-0.05, 0) is 30.5 Å². The molecule has 25 heavy (non-hydrogen) atoms. The summed E-state index contributed by atoms with van der Waals surface area (Å²) in [6, 6.07) is 5.29. The fourth-order valence-electron chi connectivity index (χ4n) is 2.71. The van der Waals surface area contributed by atoms with Crippen LogP contribution in [-0.4, -0.2) is 63.4 Å². The number of carbonyl (C=O) groups excluding carboxylic acids is 1. The summed E-state index contributed by atoms with van der Waals surface area (Å²) in [7, 11) is -3.42. The van der Waals surface area contributed by atoms with E-state index in [0.717, 1.165) is 23.5 Å². The van der Waals surface area contributed by atoms with Crippen molar-refractivity contribution < 1.29 is 13.2 Å². The third-order valence-corrected chi connectivity index (χ3v) is 7.77. The van der Waals surface area contributed by atoms with Crippen LogP contribution in [-0.2, 0) is 10.0 Å². The van der Waals surface area contributed by atoms with Gasteiger partial charge in [-0.2, -0.15) is 11.3 Å². The minimum atomic E-state index is -3.42. The molecule has 6 nitrogen and oxygen atoms in total. The van der Waals surface area contributed by atoms with E-state index in [9.17, 15) is 13.2 Å². The molecule has 0 saturated carbocycles. The molecule has 1 fully saturated rings. The topological polar surface area (TPSA) is 69.7 Å². The van der Waals surface area contributed by atoms with Crippen LogP contribution in [0.15, 0.2) is 33.2 Å². The molecule has 0 unspecified atom stereocenters. The van der Waals surface area contributed by atoms with E-state index in [1.807, 2.05) is 34.7 Å². The van der Waals surface area contributed by atoms with E-state index >= 15 is 0 Å². The van der Waals surface area contributed by atoms with E-state index in [2.05, 4.69) is 9.62 Å². The number of thiophene rings is 2. The van der Waals surface area contributed by atoms with Gasteiger partial charge in [-0.1, -0.05) is 0 Å².